The first-order valence-corrected chi connectivity index (χ1v) is 5.99. The molecule has 0 radical (unpaired) electrons. The lowest BCUT2D eigenvalue weighted by atomic mass is 9.93. The zero-order valence-electron chi connectivity index (χ0n) is 10.6. The second-order valence-electron chi connectivity index (χ2n) is 4.43. The van der Waals surface area contributed by atoms with Gasteiger partial charge in [0.25, 0.3) is 5.92 Å². The van der Waals surface area contributed by atoms with Gasteiger partial charge in [-0.1, -0.05) is 19.9 Å². The molecule has 2 nitrogen and oxygen atoms in total. The van der Waals surface area contributed by atoms with Gasteiger partial charge in [0.2, 0.25) is 0 Å². The number of nitrogens with one attached hydrogen (secondary N) is 1. The molecule has 2 unspecified atom stereocenters. The smallest absolute Gasteiger partial charge is 0.261 e. The van der Waals surface area contributed by atoms with Crippen LogP contribution >= 0.6 is 0 Å². The highest BCUT2D eigenvalue weighted by atomic mass is 19.3. The Bertz CT molecular complexity index is 322. The summed E-state index contributed by atoms with van der Waals surface area (Å²) >= 11 is 0. The summed E-state index contributed by atoms with van der Waals surface area (Å²) in [5.41, 5.74) is 0.697. The van der Waals surface area contributed by atoms with E-state index < -0.39 is 12.0 Å². The van der Waals surface area contributed by atoms with Crippen LogP contribution in [0, 0.1) is 0 Å². The fourth-order valence-electron chi connectivity index (χ4n) is 1.91. The molecule has 0 aromatic carbocycles. The van der Waals surface area contributed by atoms with Gasteiger partial charge in [-0.25, -0.2) is 8.78 Å². The minimum Gasteiger partial charge on any atom is -0.308 e. The Kier molecular flexibility index (Phi) is 5.00. The molecule has 17 heavy (non-hydrogen) atoms. The molecule has 0 aliphatic rings. The van der Waals surface area contributed by atoms with Crippen molar-refractivity contribution in [2.24, 2.45) is 0 Å². The van der Waals surface area contributed by atoms with E-state index in [-0.39, 0.29) is 5.92 Å². The van der Waals surface area contributed by atoms with Gasteiger partial charge in [-0.2, -0.15) is 0 Å². The molecular weight excluding hydrogens is 222 g/mol. The molecule has 1 N–H and O–H groups in total. The van der Waals surface area contributed by atoms with Crippen molar-refractivity contribution >= 4 is 0 Å². The first kappa shape index (κ1) is 14.0. The second kappa shape index (κ2) is 6.05. The molecule has 4 heteroatoms. The maximum absolute atomic E-state index is 13.6. The van der Waals surface area contributed by atoms with Crippen LogP contribution in [0.1, 0.15) is 38.8 Å². The van der Waals surface area contributed by atoms with Crippen molar-refractivity contribution in [2.45, 2.75) is 45.1 Å². The van der Waals surface area contributed by atoms with Crippen LogP contribution in [0.4, 0.5) is 8.78 Å². The van der Waals surface area contributed by atoms with Crippen LogP contribution in [-0.2, 0) is 0 Å². The van der Waals surface area contributed by atoms with Crippen LogP contribution in [0.15, 0.2) is 24.4 Å². The zero-order chi connectivity index (χ0) is 12.9. The van der Waals surface area contributed by atoms with E-state index in [0.29, 0.717) is 12.2 Å². The Morgan fingerprint density at radius 3 is 2.59 bits per heavy atom. The quantitative estimate of drug-likeness (QED) is 0.828. The van der Waals surface area contributed by atoms with E-state index in [1.165, 1.54) is 0 Å². The second-order valence-corrected chi connectivity index (χ2v) is 4.43. The van der Waals surface area contributed by atoms with Crippen LogP contribution in [0.5, 0.6) is 0 Å². The first-order chi connectivity index (χ1) is 7.96. The van der Waals surface area contributed by atoms with Crippen LogP contribution in [-0.4, -0.2) is 23.5 Å². The lowest BCUT2D eigenvalue weighted by Crippen LogP contribution is -2.47. The molecule has 0 fully saturated rings. The summed E-state index contributed by atoms with van der Waals surface area (Å²) < 4.78 is 27.1. The number of pyridine rings is 1. The van der Waals surface area contributed by atoms with Crippen molar-refractivity contribution in [3.8, 4) is 0 Å². The van der Waals surface area contributed by atoms with Gasteiger partial charge in [0.1, 0.15) is 0 Å². The molecule has 1 rings (SSSR count). The van der Waals surface area contributed by atoms with E-state index in [4.69, 9.17) is 0 Å². The normalized spacial score (nSPS) is 15.6. The van der Waals surface area contributed by atoms with Crippen molar-refractivity contribution in [3.05, 3.63) is 30.1 Å². The van der Waals surface area contributed by atoms with Crippen LogP contribution in [0.3, 0.4) is 0 Å². The molecule has 1 heterocycles. The van der Waals surface area contributed by atoms with Gasteiger partial charge in [-0.15, -0.1) is 0 Å². The molecule has 2 atom stereocenters. The van der Waals surface area contributed by atoms with Gasteiger partial charge >= 0.3 is 0 Å². The largest absolute Gasteiger partial charge is 0.308 e. The molecule has 0 saturated carbocycles. The van der Waals surface area contributed by atoms with Crippen LogP contribution in [0.2, 0.25) is 0 Å². The molecule has 0 amide bonds. The number of rotatable bonds is 6. The summed E-state index contributed by atoms with van der Waals surface area (Å²) in [6, 6.07) is 4.52. The Labute approximate surface area is 101 Å². The fourth-order valence-corrected chi connectivity index (χ4v) is 1.91. The van der Waals surface area contributed by atoms with Crippen molar-refractivity contribution in [2.75, 3.05) is 6.54 Å². The Hall–Kier alpha value is -1.03. The van der Waals surface area contributed by atoms with Crippen molar-refractivity contribution < 1.29 is 8.78 Å². The summed E-state index contributed by atoms with van der Waals surface area (Å²) in [6.07, 6.45) is 2.47. The topological polar surface area (TPSA) is 24.9 Å². The predicted molar refractivity (Wildman–Crippen MR) is 65.4 cm³/mol. The predicted octanol–water partition coefficient (Wildman–Crippen LogP) is 3.21. The van der Waals surface area contributed by atoms with Gasteiger partial charge in [0.15, 0.2) is 0 Å². The standard InChI is InChI=1S/C13H20F2N2/c1-4-8-17-12(13(3,14)15)10(2)11-7-5-6-9-16-11/h5-7,9-10,12,17H,4,8H2,1-3H3. The molecule has 96 valence electrons. The highest BCUT2D eigenvalue weighted by molar-refractivity contribution is 5.12. The number of alkyl halides is 2. The van der Waals surface area contributed by atoms with E-state index in [2.05, 4.69) is 10.3 Å². The summed E-state index contributed by atoms with van der Waals surface area (Å²) in [7, 11) is 0. The summed E-state index contributed by atoms with van der Waals surface area (Å²) in [5, 5.41) is 2.92. The van der Waals surface area contributed by atoms with E-state index in [9.17, 15) is 8.78 Å². The molecular formula is C13H20F2N2. The number of hydrogen-bond acceptors (Lipinski definition) is 2. The molecule has 0 aliphatic heterocycles. The number of halogens is 2. The molecule has 0 spiro atoms. The Morgan fingerprint density at radius 2 is 2.12 bits per heavy atom. The SMILES string of the molecule is CCCNC(C(C)c1ccccn1)C(C)(F)F. The monoisotopic (exact) mass is 242 g/mol. The zero-order valence-corrected chi connectivity index (χ0v) is 10.6. The van der Waals surface area contributed by atoms with E-state index in [1.54, 1.807) is 25.3 Å². The lowest BCUT2D eigenvalue weighted by Gasteiger charge is -2.29. The Morgan fingerprint density at radius 1 is 1.41 bits per heavy atom. The molecule has 1 aromatic rings. The average Bonchev–Trinajstić information content (AvgIpc) is 2.29. The average molecular weight is 242 g/mol. The summed E-state index contributed by atoms with van der Waals surface area (Å²) in [6.45, 7) is 5.29. The van der Waals surface area contributed by atoms with Gasteiger partial charge in [-0.3, -0.25) is 4.98 Å². The van der Waals surface area contributed by atoms with Crippen LogP contribution in [0.25, 0.3) is 0 Å². The minimum atomic E-state index is -2.76. The molecule has 0 aliphatic carbocycles. The van der Waals surface area contributed by atoms with Crippen molar-refractivity contribution in [3.63, 3.8) is 0 Å². The maximum atomic E-state index is 13.6. The fraction of sp³-hybridized carbons (Fsp3) is 0.615. The third kappa shape index (κ3) is 4.04. The number of hydrogen-bond donors (Lipinski definition) is 1. The lowest BCUT2D eigenvalue weighted by molar-refractivity contribution is -0.0260. The Balaban J connectivity index is 2.83. The van der Waals surface area contributed by atoms with Gasteiger partial charge in [0.05, 0.1) is 6.04 Å². The maximum Gasteiger partial charge on any atom is 0.261 e. The van der Waals surface area contributed by atoms with Gasteiger partial charge in [-0.05, 0) is 25.1 Å². The molecule has 0 saturated heterocycles. The number of nitrogens with zero attached hydrogens (tertiary/aromatic N) is 1. The summed E-state index contributed by atoms with van der Waals surface area (Å²) in [4.78, 5) is 4.15. The number of aromatic nitrogens is 1. The van der Waals surface area contributed by atoms with Crippen molar-refractivity contribution in [1.29, 1.82) is 0 Å². The first-order valence-electron chi connectivity index (χ1n) is 5.99. The van der Waals surface area contributed by atoms with Crippen LogP contribution < -0.4 is 5.32 Å². The van der Waals surface area contributed by atoms with Gasteiger partial charge < -0.3 is 5.32 Å². The third-order valence-corrected chi connectivity index (χ3v) is 2.81. The van der Waals surface area contributed by atoms with E-state index >= 15 is 0 Å². The van der Waals surface area contributed by atoms with E-state index in [0.717, 1.165) is 13.3 Å². The van der Waals surface area contributed by atoms with Gasteiger partial charge in [0, 0.05) is 24.7 Å². The van der Waals surface area contributed by atoms with E-state index in [1.807, 2.05) is 13.0 Å². The minimum absolute atomic E-state index is 0.317. The highest BCUT2D eigenvalue weighted by Crippen LogP contribution is 2.29. The third-order valence-electron chi connectivity index (χ3n) is 2.81. The highest BCUT2D eigenvalue weighted by Gasteiger charge is 2.38. The van der Waals surface area contributed by atoms with Crippen molar-refractivity contribution in [1.82, 2.24) is 10.3 Å². The summed E-state index contributed by atoms with van der Waals surface area (Å²) in [5.74, 6) is -3.07. The molecule has 0 bridgehead atoms. The molecule has 1 aromatic heterocycles.